The van der Waals surface area contributed by atoms with Crippen molar-refractivity contribution in [2.24, 2.45) is 0 Å². The van der Waals surface area contributed by atoms with Gasteiger partial charge < -0.3 is 5.32 Å². The average molecular weight is 372 g/mol. The summed E-state index contributed by atoms with van der Waals surface area (Å²) in [6, 6.07) is 2.72. The van der Waals surface area contributed by atoms with Gasteiger partial charge in [0.05, 0.1) is 10.5 Å². The van der Waals surface area contributed by atoms with Gasteiger partial charge in [-0.05, 0) is 34.5 Å². The molecule has 7 nitrogen and oxygen atoms in total. The molecule has 0 unspecified atom stereocenters. The third-order valence-electron chi connectivity index (χ3n) is 2.57. The van der Waals surface area contributed by atoms with E-state index in [-0.39, 0.29) is 16.4 Å². The summed E-state index contributed by atoms with van der Waals surface area (Å²) < 4.78 is 0.801. The van der Waals surface area contributed by atoms with Crippen LogP contribution < -0.4 is 5.32 Å². The fraction of sp³-hybridized carbons (Fsp3) is 0.0833. The molecule has 2 rings (SSSR count). The zero-order chi connectivity index (χ0) is 15.6. The van der Waals surface area contributed by atoms with Gasteiger partial charge in [0.15, 0.2) is 0 Å². The molecule has 1 amide bonds. The number of nitrogens with one attached hydrogen (secondary N) is 1. The molecule has 108 valence electrons. The van der Waals surface area contributed by atoms with E-state index in [1.165, 1.54) is 6.20 Å². The molecule has 0 saturated heterocycles. The molecule has 0 aliphatic rings. The Morgan fingerprint density at radius 2 is 2.10 bits per heavy atom. The summed E-state index contributed by atoms with van der Waals surface area (Å²) in [6.45, 7) is 1.84. The van der Waals surface area contributed by atoms with Gasteiger partial charge in [0.25, 0.3) is 11.6 Å². The number of carbonyl (C=O) groups excluding carboxylic acids is 1. The first-order valence-corrected chi connectivity index (χ1v) is 6.79. The van der Waals surface area contributed by atoms with Gasteiger partial charge in [-0.25, -0.2) is 9.97 Å². The van der Waals surface area contributed by atoms with Gasteiger partial charge in [-0.2, -0.15) is 0 Å². The largest absolute Gasteiger partial charge is 0.306 e. The van der Waals surface area contributed by atoms with Crippen molar-refractivity contribution < 1.29 is 9.72 Å². The van der Waals surface area contributed by atoms with Crippen LogP contribution in [0, 0.1) is 17.0 Å². The second-order valence-electron chi connectivity index (χ2n) is 4.06. The molecule has 2 aromatic heterocycles. The maximum Gasteiger partial charge on any atom is 0.288 e. The molecular formula is C12H8BrClN4O3. The van der Waals surface area contributed by atoms with E-state index in [0.717, 1.165) is 22.3 Å². The Morgan fingerprint density at radius 1 is 1.38 bits per heavy atom. The van der Waals surface area contributed by atoms with E-state index in [0.29, 0.717) is 5.82 Å². The second-order valence-corrected chi connectivity index (χ2v) is 5.27. The zero-order valence-electron chi connectivity index (χ0n) is 10.6. The molecule has 0 spiro atoms. The van der Waals surface area contributed by atoms with Gasteiger partial charge in [0.2, 0.25) is 0 Å². The van der Waals surface area contributed by atoms with Gasteiger partial charge in [-0.3, -0.25) is 14.9 Å². The van der Waals surface area contributed by atoms with Crippen LogP contribution in [-0.4, -0.2) is 20.8 Å². The van der Waals surface area contributed by atoms with Crippen molar-refractivity contribution in [3.63, 3.8) is 0 Å². The first-order valence-electron chi connectivity index (χ1n) is 5.62. The minimum Gasteiger partial charge on any atom is -0.306 e. The van der Waals surface area contributed by atoms with E-state index in [1.807, 2.05) is 6.92 Å². The van der Waals surface area contributed by atoms with Crippen molar-refractivity contribution in [3.8, 4) is 0 Å². The molecule has 0 radical (unpaired) electrons. The number of anilines is 1. The van der Waals surface area contributed by atoms with Crippen molar-refractivity contribution in [1.29, 1.82) is 0 Å². The van der Waals surface area contributed by atoms with Gasteiger partial charge in [0, 0.05) is 16.7 Å². The van der Waals surface area contributed by atoms with Crippen molar-refractivity contribution in [3.05, 3.63) is 55.4 Å². The van der Waals surface area contributed by atoms with Crippen LogP contribution in [0.4, 0.5) is 11.5 Å². The summed E-state index contributed by atoms with van der Waals surface area (Å²) in [6.07, 6.45) is 2.53. The van der Waals surface area contributed by atoms with E-state index < -0.39 is 10.8 Å². The lowest BCUT2D eigenvalue weighted by atomic mass is 10.2. The highest BCUT2D eigenvalue weighted by Gasteiger charge is 2.17. The van der Waals surface area contributed by atoms with Crippen molar-refractivity contribution >= 4 is 44.9 Å². The highest BCUT2D eigenvalue weighted by atomic mass is 79.9. The number of hydrogen-bond donors (Lipinski definition) is 1. The quantitative estimate of drug-likeness (QED) is 0.507. The van der Waals surface area contributed by atoms with Gasteiger partial charge in [-0.1, -0.05) is 11.6 Å². The molecule has 0 atom stereocenters. The van der Waals surface area contributed by atoms with Crippen molar-refractivity contribution in [2.45, 2.75) is 6.92 Å². The highest BCUT2D eigenvalue weighted by molar-refractivity contribution is 9.10. The smallest absolute Gasteiger partial charge is 0.288 e. The topological polar surface area (TPSA) is 98.0 Å². The standard InChI is InChI=1S/C12H8BrClN4O3/c1-6-2-10(15-5-9(6)13)17-12(19)8-3-7(18(20)21)4-16-11(8)14/h2-5H,1H3,(H,15,17,19). The molecule has 9 heteroatoms. The Morgan fingerprint density at radius 3 is 2.71 bits per heavy atom. The average Bonchev–Trinajstić information content (AvgIpc) is 2.43. The molecule has 0 aliphatic heterocycles. The predicted octanol–water partition coefficient (Wildman–Crippen LogP) is 3.36. The van der Waals surface area contributed by atoms with Crippen LogP contribution in [0.1, 0.15) is 15.9 Å². The molecule has 1 N–H and O–H groups in total. The summed E-state index contributed by atoms with van der Waals surface area (Å²) in [5.74, 6) is -0.311. The maximum atomic E-state index is 12.1. The molecule has 0 fully saturated rings. The van der Waals surface area contributed by atoms with E-state index in [2.05, 4.69) is 31.2 Å². The Labute approximate surface area is 132 Å². The Bertz CT molecular complexity index is 738. The van der Waals surface area contributed by atoms with E-state index >= 15 is 0 Å². The molecule has 0 aromatic carbocycles. The van der Waals surface area contributed by atoms with Crippen LogP contribution in [0.15, 0.2) is 29.0 Å². The van der Waals surface area contributed by atoms with Crippen LogP contribution in [0.25, 0.3) is 0 Å². The lowest BCUT2D eigenvalue weighted by Gasteiger charge is -2.07. The fourth-order valence-electron chi connectivity index (χ4n) is 1.49. The third kappa shape index (κ3) is 3.53. The molecule has 0 bridgehead atoms. The predicted molar refractivity (Wildman–Crippen MR) is 80.5 cm³/mol. The molecular weight excluding hydrogens is 364 g/mol. The lowest BCUT2D eigenvalue weighted by Crippen LogP contribution is -2.14. The number of nitrogens with zero attached hydrogens (tertiary/aromatic N) is 3. The third-order valence-corrected chi connectivity index (χ3v) is 3.70. The number of halogens is 2. The first-order chi connectivity index (χ1) is 9.88. The minimum absolute atomic E-state index is 0.0896. The minimum atomic E-state index is -0.651. The Balaban J connectivity index is 2.29. The lowest BCUT2D eigenvalue weighted by molar-refractivity contribution is -0.385. The van der Waals surface area contributed by atoms with Gasteiger partial charge in [-0.15, -0.1) is 0 Å². The zero-order valence-corrected chi connectivity index (χ0v) is 13.0. The molecule has 2 aromatic rings. The summed E-state index contributed by atoms with van der Waals surface area (Å²) >= 11 is 9.09. The normalized spacial score (nSPS) is 10.2. The first kappa shape index (κ1) is 15.3. The van der Waals surface area contributed by atoms with E-state index in [1.54, 1.807) is 6.07 Å². The number of aromatic nitrogens is 2. The van der Waals surface area contributed by atoms with Crippen LogP contribution in [0.3, 0.4) is 0 Å². The number of nitro groups is 1. The van der Waals surface area contributed by atoms with Crippen LogP contribution >= 0.6 is 27.5 Å². The van der Waals surface area contributed by atoms with Crippen LogP contribution in [-0.2, 0) is 0 Å². The van der Waals surface area contributed by atoms with Crippen LogP contribution in [0.2, 0.25) is 5.15 Å². The number of amides is 1. The van der Waals surface area contributed by atoms with Crippen molar-refractivity contribution in [1.82, 2.24) is 9.97 Å². The summed E-state index contributed by atoms with van der Waals surface area (Å²) in [5, 5.41) is 13.1. The SMILES string of the molecule is Cc1cc(NC(=O)c2cc([N+](=O)[O-])cnc2Cl)ncc1Br. The summed E-state index contributed by atoms with van der Waals surface area (Å²) in [4.78, 5) is 29.8. The highest BCUT2D eigenvalue weighted by Crippen LogP contribution is 2.21. The number of carbonyl (C=O) groups is 1. The number of pyridine rings is 2. The van der Waals surface area contributed by atoms with E-state index in [9.17, 15) is 14.9 Å². The monoisotopic (exact) mass is 370 g/mol. The fourth-order valence-corrected chi connectivity index (χ4v) is 1.89. The molecule has 0 saturated carbocycles. The van der Waals surface area contributed by atoms with Crippen molar-refractivity contribution in [2.75, 3.05) is 5.32 Å². The molecule has 2 heterocycles. The van der Waals surface area contributed by atoms with Gasteiger partial charge in [0.1, 0.15) is 17.2 Å². The number of hydrogen-bond acceptors (Lipinski definition) is 5. The Kier molecular flexibility index (Phi) is 4.49. The Hall–Kier alpha value is -2.06. The number of aryl methyl sites for hydroxylation is 1. The second kappa shape index (κ2) is 6.15. The summed E-state index contributed by atoms with van der Waals surface area (Å²) in [5.41, 5.74) is 0.473. The number of rotatable bonds is 3. The maximum absolute atomic E-state index is 12.1. The molecule has 21 heavy (non-hydrogen) atoms. The van der Waals surface area contributed by atoms with Gasteiger partial charge >= 0.3 is 0 Å². The molecule has 0 aliphatic carbocycles. The summed E-state index contributed by atoms with van der Waals surface area (Å²) in [7, 11) is 0. The van der Waals surface area contributed by atoms with Crippen LogP contribution in [0.5, 0.6) is 0 Å². The van der Waals surface area contributed by atoms with E-state index in [4.69, 9.17) is 11.6 Å².